The third-order valence-electron chi connectivity index (χ3n) is 6.54. The Morgan fingerprint density at radius 1 is 1.18 bits per heavy atom. The van der Waals surface area contributed by atoms with E-state index >= 15 is 0 Å². The number of thiophene rings is 1. The zero-order valence-electron chi connectivity index (χ0n) is 19.1. The summed E-state index contributed by atoms with van der Waals surface area (Å²) in [6.07, 6.45) is 3.10. The molecule has 7 nitrogen and oxygen atoms in total. The van der Waals surface area contributed by atoms with Gasteiger partial charge in [0, 0.05) is 41.5 Å². The van der Waals surface area contributed by atoms with Gasteiger partial charge in [0.25, 0.3) is 0 Å². The van der Waals surface area contributed by atoms with Crippen LogP contribution in [0.1, 0.15) is 34.7 Å². The van der Waals surface area contributed by atoms with E-state index in [0.29, 0.717) is 28.8 Å². The van der Waals surface area contributed by atoms with Crippen LogP contribution in [0.15, 0.2) is 30.5 Å². The van der Waals surface area contributed by atoms with Gasteiger partial charge in [-0.25, -0.2) is 4.79 Å². The summed E-state index contributed by atoms with van der Waals surface area (Å²) in [5.74, 6) is 0.985. The van der Waals surface area contributed by atoms with Gasteiger partial charge in [-0.1, -0.05) is 11.6 Å². The number of nitrogens with zero attached hydrogens (tertiary/aromatic N) is 3. The van der Waals surface area contributed by atoms with Crippen molar-refractivity contribution in [3.63, 3.8) is 0 Å². The molecule has 0 fully saturated rings. The molecule has 1 atom stereocenters. The molecule has 1 aromatic carbocycles. The number of anilines is 1. The molecule has 9 heteroatoms. The molecule has 0 aliphatic carbocycles. The lowest BCUT2D eigenvalue weighted by molar-refractivity contribution is 0.189. The molecular formula is C24H27ClN4O3S. The zero-order chi connectivity index (χ0) is 23.3. The molecule has 174 valence electrons. The molecule has 4 heterocycles. The molecule has 33 heavy (non-hydrogen) atoms. The van der Waals surface area contributed by atoms with Crippen LogP contribution in [0.3, 0.4) is 0 Å². The second-order valence-electron chi connectivity index (χ2n) is 8.50. The number of carbonyl (C=O) groups excluding carboxylic acids is 1. The van der Waals surface area contributed by atoms with Crippen LogP contribution in [-0.2, 0) is 19.5 Å². The fourth-order valence-electron chi connectivity index (χ4n) is 4.72. The van der Waals surface area contributed by atoms with E-state index in [4.69, 9.17) is 21.1 Å². The summed E-state index contributed by atoms with van der Waals surface area (Å²) in [7, 11) is 5.26. The van der Waals surface area contributed by atoms with Crippen LogP contribution < -0.4 is 14.8 Å². The number of hydrogen-bond donors (Lipinski definition) is 1. The van der Waals surface area contributed by atoms with Gasteiger partial charge < -0.3 is 29.2 Å². The van der Waals surface area contributed by atoms with Gasteiger partial charge in [-0.2, -0.15) is 0 Å². The van der Waals surface area contributed by atoms with Crippen LogP contribution in [0.4, 0.5) is 10.5 Å². The van der Waals surface area contributed by atoms with Crippen LogP contribution in [0.5, 0.6) is 11.5 Å². The van der Waals surface area contributed by atoms with E-state index in [0.717, 1.165) is 25.2 Å². The van der Waals surface area contributed by atoms with Crippen molar-refractivity contribution in [1.29, 1.82) is 0 Å². The van der Waals surface area contributed by atoms with Gasteiger partial charge in [-0.15, -0.1) is 11.3 Å². The average molecular weight is 487 g/mol. The quantitative estimate of drug-likeness (QED) is 0.545. The smallest absolute Gasteiger partial charge is 0.322 e. The molecular weight excluding hydrogens is 460 g/mol. The van der Waals surface area contributed by atoms with Crippen LogP contribution in [0, 0.1) is 0 Å². The number of hydrogen-bond acceptors (Lipinski definition) is 5. The summed E-state index contributed by atoms with van der Waals surface area (Å²) >= 11 is 8.17. The van der Waals surface area contributed by atoms with Crippen molar-refractivity contribution in [3.05, 3.63) is 57.2 Å². The summed E-state index contributed by atoms with van der Waals surface area (Å²) in [5.41, 5.74) is 4.24. The second kappa shape index (κ2) is 8.59. The summed E-state index contributed by atoms with van der Waals surface area (Å²) in [6.45, 7) is 4.59. The Morgan fingerprint density at radius 2 is 1.97 bits per heavy atom. The maximum atomic E-state index is 13.6. The number of likely N-dealkylation sites (N-methyl/N-ethyl adjacent to an activating group) is 1. The van der Waals surface area contributed by atoms with Gasteiger partial charge in [0.1, 0.15) is 16.5 Å². The average Bonchev–Trinajstić information content (AvgIpc) is 3.39. The number of methoxy groups -OCH3 is 2. The third kappa shape index (κ3) is 3.76. The van der Waals surface area contributed by atoms with E-state index < -0.39 is 0 Å². The number of benzene rings is 1. The molecule has 0 saturated carbocycles. The number of halogens is 1. The highest BCUT2D eigenvalue weighted by atomic mass is 35.5. The maximum Gasteiger partial charge on any atom is 0.322 e. The van der Waals surface area contributed by atoms with Gasteiger partial charge >= 0.3 is 6.03 Å². The normalized spacial score (nSPS) is 17.6. The van der Waals surface area contributed by atoms with Crippen molar-refractivity contribution in [1.82, 2.24) is 14.4 Å². The van der Waals surface area contributed by atoms with E-state index in [1.807, 2.05) is 22.3 Å². The Labute approximate surface area is 202 Å². The molecule has 3 aromatic rings. The van der Waals surface area contributed by atoms with Gasteiger partial charge in [0.15, 0.2) is 0 Å². The Kier molecular flexibility index (Phi) is 5.76. The van der Waals surface area contributed by atoms with Crippen molar-refractivity contribution in [2.45, 2.75) is 32.5 Å². The minimum Gasteiger partial charge on any atom is -0.495 e. The third-order valence-corrected chi connectivity index (χ3v) is 8.09. The maximum absolute atomic E-state index is 13.6. The first kappa shape index (κ1) is 22.1. The number of aromatic nitrogens is 1. The summed E-state index contributed by atoms with van der Waals surface area (Å²) < 4.78 is 13.0. The van der Waals surface area contributed by atoms with Crippen LogP contribution >= 0.6 is 22.9 Å². The topological polar surface area (TPSA) is 59.0 Å². The lowest BCUT2D eigenvalue weighted by Crippen LogP contribution is -2.36. The molecule has 5 rings (SSSR count). The number of ether oxygens (including phenoxy) is 2. The minimum atomic E-state index is -0.199. The number of nitrogens with one attached hydrogen (secondary N) is 1. The highest BCUT2D eigenvalue weighted by molar-refractivity contribution is 7.15. The second-order valence-corrected chi connectivity index (χ2v) is 9.99. The predicted octanol–water partition coefficient (Wildman–Crippen LogP) is 5.31. The van der Waals surface area contributed by atoms with E-state index in [9.17, 15) is 4.79 Å². The highest BCUT2D eigenvalue weighted by Crippen LogP contribution is 2.42. The van der Waals surface area contributed by atoms with Gasteiger partial charge in [0.05, 0.1) is 37.5 Å². The van der Waals surface area contributed by atoms with Crippen molar-refractivity contribution in [2.75, 3.05) is 33.1 Å². The number of urea groups is 1. The first-order chi connectivity index (χ1) is 15.9. The van der Waals surface area contributed by atoms with Crippen molar-refractivity contribution in [2.24, 2.45) is 0 Å². The predicted molar refractivity (Wildman–Crippen MR) is 131 cm³/mol. The molecule has 2 aliphatic heterocycles. The van der Waals surface area contributed by atoms with Gasteiger partial charge in [-0.05, 0) is 44.2 Å². The van der Waals surface area contributed by atoms with Crippen LogP contribution in [0.2, 0.25) is 5.02 Å². The number of fused-ring (bicyclic) bond motifs is 5. The first-order valence-corrected chi connectivity index (χ1v) is 12.1. The molecule has 2 aliphatic rings. The highest BCUT2D eigenvalue weighted by Gasteiger charge is 2.33. The van der Waals surface area contributed by atoms with Gasteiger partial charge in [-0.3, -0.25) is 0 Å². The Morgan fingerprint density at radius 3 is 2.73 bits per heavy atom. The van der Waals surface area contributed by atoms with Crippen LogP contribution in [0.25, 0.3) is 5.00 Å². The van der Waals surface area contributed by atoms with Crippen LogP contribution in [-0.4, -0.2) is 48.2 Å². The van der Waals surface area contributed by atoms with Crippen molar-refractivity contribution >= 4 is 34.7 Å². The Hall–Kier alpha value is -2.68. The standard InChI is InChI=1S/C24H27ClN4O3S/c1-14-19-6-5-8-28(19)23-16(15-7-9-27(2)13-22(15)33-23)12-29(14)24(30)26-18-10-17(25)20(31-3)11-21(18)32-4/h5-6,8,10-11,14H,7,9,12-13H2,1-4H3,(H,26,30)/t14-/m1/s1. The minimum absolute atomic E-state index is 0.110. The fraction of sp³-hybridized carbons (Fsp3) is 0.375. The molecule has 0 saturated heterocycles. The van der Waals surface area contributed by atoms with E-state index in [-0.39, 0.29) is 12.1 Å². The monoisotopic (exact) mass is 486 g/mol. The molecule has 2 aromatic heterocycles. The SMILES string of the molecule is COc1cc(OC)c(NC(=O)N2Cc3c(sc4c3CCN(C)C4)-n3cccc3[C@H]2C)cc1Cl. The molecule has 0 unspecified atom stereocenters. The number of amides is 2. The summed E-state index contributed by atoms with van der Waals surface area (Å²) in [6, 6.07) is 7.18. The van der Waals surface area contributed by atoms with Crippen molar-refractivity contribution < 1.29 is 14.3 Å². The van der Waals surface area contributed by atoms with E-state index in [2.05, 4.69) is 41.0 Å². The Bertz CT molecular complexity index is 1220. The lowest BCUT2D eigenvalue weighted by atomic mass is 10.0. The van der Waals surface area contributed by atoms with E-state index in [1.54, 1.807) is 26.4 Å². The summed E-state index contributed by atoms with van der Waals surface area (Å²) in [5, 5.41) is 4.65. The summed E-state index contributed by atoms with van der Waals surface area (Å²) in [4.78, 5) is 19.3. The molecule has 0 bridgehead atoms. The Balaban J connectivity index is 1.52. The molecule has 0 radical (unpaired) electrons. The largest absolute Gasteiger partial charge is 0.495 e. The first-order valence-electron chi connectivity index (χ1n) is 10.9. The lowest BCUT2D eigenvalue weighted by Gasteiger charge is -2.29. The number of rotatable bonds is 3. The van der Waals surface area contributed by atoms with Gasteiger partial charge in [0.2, 0.25) is 0 Å². The molecule has 0 spiro atoms. The van der Waals surface area contributed by atoms with Crippen molar-refractivity contribution in [3.8, 4) is 16.5 Å². The molecule has 2 amide bonds. The fourth-order valence-corrected chi connectivity index (χ4v) is 6.40. The number of carbonyl (C=O) groups is 1. The van der Waals surface area contributed by atoms with E-state index in [1.165, 1.54) is 21.0 Å². The molecule has 1 N–H and O–H groups in total. The zero-order valence-corrected chi connectivity index (χ0v) is 20.7.